The van der Waals surface area contributed by atoms with Gasteiger partial charge in [-0.05, 0) is 57.7 Å². The van der Waals surface area contributed by atoms with Crippen molar-refractivity contribution in [1.82, 2.24) is 9.80 Å². The molecule has 1 aromatic rings. The summed E-state index contributed by atoms with van der Waals surface area (Å²) in [6.45, 7) is 8.59. The molecular weight excluding hydrogens is 336 g/mol. The fourth-order valence-electron chi connectivity index (χ4n) is 3.67. The minimum Gasteiger partial charge on any atom is -0.480 e. The molecule has 1 aliphatic heterocycles. The minimum atomic E-state index is -0.778. The maximum absolute atomic E-state index is 12.4. The monoisotopic (exact) mass is 366 g/mol. The number of carbonyl (C=O) groups excluding carboxylic acids is 1. The van der Waals surface area contributed by atoms with E-state index in [-0.39, 0.29) is 18.5 Å². The number of carboxylic acid groups (broad SMARTS) is 1. The molecule has 1 fully saturated rings. The summed E-state index contributed by atoms with van der Waals surface area (Å²) in [6, 6.07) is 2.51. The molecule has 0 spiro atoms. The van der Waals surface area contributed by atoms with E-state index in [0.717, 1.165) is 45.3 Å². The molecule has 0 unspecified atom stereocenters. The number of carboxylic acids is 1. The highest BCUT2D eigenvalue weighted by Gasteiger charge is 2.26. The van der Waals surface area contributed by atoms with Crippen molar-refractivity contribution in [3.8, 4) is 0 Å². The molecule has 2 heterocycles. The number of aliphatic carboxylic acids is 1. The summed E-state index contributed by atoms with van der Waals surface area (Å²) in [5.74, 6) is -0.538. The number of carbonyl (C=O) groups is 2. The van der Waals surface area contributed by atoms with Crippen LogP contribution in [0.2, 0.25) is 0 Å². The molecule has 6 heteroatoms. The Kier molecular flexibility index (Phi) is 7.44. The predicted molar refractivity (Wildman–Crippen MR) is 101 cm³/mol. The normalized spacial score (nSPS) is 15.8. The van der Waals surface area contributed by atoms with Crippen LogP contribution < -0.4 is 0 Å². The van der Waals surface area contributed by atoms with Gasteiger partial charge in [-0.25, -0.2) is 0 Å². The Hall–Kier alpha value is -1.40. The largest absolute Gasteiger partial charge is 0.480 e. The minimum absolute atomic E-state index is 0.0918. The van der Waals surface area contributed by atoms with E-state index in [2.05, 4.69) is 19.9 Å². The second-order valence-corrected chi connectivity index (χ2v) is 8.32. The van der Waals surface area contributed by atoms with Crippen LogP contribution in [0.15, 0.2) is 6.07 Å². The number of nitrogens with zero attached hydrogens (tertiary/aromatic N) is 2. The number of likely N-dealkylation sites (N-methyl/N-ethyl adjacent to an activating group) is 1. The van der Waals surface area contributed by atoms with Gasteiger partial charge in [0.2, 0.25) is 5.91 Å². The SMILES string of the molecule is CCN(CC(=O)O)C1CCN(C(=O)CCCc2cc(C)sc2C)CC1. The number of hydrogen-bond donors (Lipinski definition) is 1. The topological polar surface area (TPSA) is 60.9 Å². The number of piperidine rings is 1. The van der Waals surface area contributed by atoms with E-state index >= 15 is 0 Å². The first-order valence-corrected chi connectivity index (χ1v) is 10.0. The third kappa shape index (κ3) is 5.82. The Labute approximate surface area is 154 Å². The molecule has 1 aliphatic rings. The first-order valence-electron chi connectivity index (χ1n) is 9.20. The first kappa shape index (κ1) is 19.9. The van der Waals surface area contributed by atoms with Crippen molar-refractivity contribution in [2.75, 3.05) is 26.2 Å². The van der Waals surface area contributed by atoms with E-state index in [4.69, 9.17) is 5.11 Å². The molecule has 1 aromatic heterocycles. The Balaban J connectivity index is 1.73. The van der Waals surface area contributed by atoms with Crippen LogP contribution in [0.25, 0.3) is 0 Å². The van der Waals surface area contributed by atoms with Crippen molar-refractivity contribution in [3.05, 3.63) is 21.4 Å². The maximum Gasteiger partial charge on any atom is 0.317 e. The Bertz CT molecular complexity index is 591. The first-order chi connectivity index (χ1) is 11.9. The highest BCUT2D eigenvalue weighted by molar-refractivity contribution is 7.12. The van der Waals surface area contributed by atoms with E-state index in [0.29, 0.717) is 6.42 Å². The zero-order chi connectivity index (χ0) is 18.4. The average Bonchev–Trinajstić information content (AvgIpc) is 2.90. The van der Waals surface area contributed by atoms with Gasteiger partial charge in [-0.15, -0.1) is 11.3 Å². The molecule has 0 saturated carbocycles. The number of rotatable bonds is 8. The van der Waals surface area contributed by atoms with Gasteiger partial charge in [-0.3, -0.25) is 14.5 Å². The van der Waals surface area contributed by atoms with Crippen LogP contribution in [-0.2, 0) is 16.0 Å². The van der Waals surface area contributed by atoms with Gasteiger partial charge in [0.1, 0.15) is 0 Å². The molecule has 1 amide bonds. The van der Waals surface area contributed by atoms with E-state index in [1.54, 1.807) is 0 Å². The fourth-order valence-corrected chi connectivity index (χ4v) is 4.65. The lowest BCUT2D eigenvalue weighted by Gasteiger charge is -2.37. The summed E-state index contributed by atoms with van der Waals surface area (Å²) >= 11 is 1.82. The third-order valence-corrected chi connectivity index (χ3v) is 6.07. The summed E-state index contributed by atoms with van der Waals surface area (Å²) in [4.78, 5) is 30.0. The summed E-state index contributed by atoms with van der Waals surface area (Å²) in [7, 11) is 0. The van der Waals surface area contributed by atoms with Crippen molar-refractivity contribution >= 4 is 23.2 Å². The van der Waals surface area contributed by atoms with Crippen molar-refractivity contribution < 1.29 is 14.7 Å². The molecule has 5 nitrogen and oxygen atoms in total. The van der Waals surface area contributed by atoms with Crippen molar-refractivity contribution in [2.24, 2.45) is 0 Å². The van der Waals surface area contributed by atoms with Crippen LogP contribution in [-0.4, -0.2) is 59.0 Å². The van der Waals surface area contributed by atoms with Crippen LogP contribution in [0.5, 0.6) is 0 Å². The lowest BCUT2D eigenvalue weighted by atomic mass is 10.0. The summed E-state index contributed by atoms with van der Waals surface area (Å²) < 4.78 is 0. The van der Waals surface area contributed by atoms with Crippen LogP contribution in [0.3, 0.4) is 0 Å². The molecule has 0 bridgehead atoms. The van der Waals surface area contributed by atoms with Crippen LogP contribution in [0.4, 0.5) is 0 Å². The van der Waals surface area contributed by atoms with Crippen LogP contribution in [0, 0.1) is 13.8 Å². The molecule has 140 valence electrons. The average molecular weight is 367 g/mol. The van der Waals surface area contributed by atoms with Gasteiger partial charge in [0.25, 0.3) is 0 Å². The maximum atomic E-state index is 12.4. The molecule has 0 atom stereocenters. The van der Waals surface area contributed by atoms with Gasteiger partial charge in [-0.2, -0.15) is 0 Å². The highest BCUT2D eigenvalue weighted by atomic mass is 32.1. The number of aryl methyl sites for hydroxylation is 3. The second-order valence-electron chi connectivity index (χ2n) is 6.86. The van der Waals surface area contributed by atoms with Crippen molar-refractivity contribution in [1.29, 1.82) is 0 Å². The van der Waals surface area contributed by atoms with Gasteiger partial charge in [0.15, 0.2) is 0 Å². The van der Waals surface area contributed by atoms with Crippen molar-refractivity contribution in [2.45, 2.75) is 58.9 Å². The number of hydrogen-bond acceptors (Lipinski definition) is 4. The highest BCUT2D eigenvalue weighted by Crippen LogP contribution is 2.23. The number of amides is 1. The van der Waals surface area contributed by atoms with E-state index in [9.17, 15) is 9.59 Å². The summed E-state index contributed by atoms with van der Waals surface area (Å²) in [5.41, 5.74) is 1.38. The van der Waals surface area contributed by atoms with Crippen molar-refractivity contribution in [3.63, 3.8) is 0 Å². The lowest BCUT2D eigenvalue weighted by Crippen LogP contribution is -2.48. The van der Waals surface area contributed by atoms with Gasteiger partial charge in [0.05, 0.1) is 6.54 Å². The Morgan fingerprint density at radius 3 is 2.52 bits per heavy atom. The molecular formula is C19H30N2O3S. The predicted octanol–water partition coefficient (Wildman–Crippen LogP) is 3.09. The fraction of sp³-hybridized carbons (Fsp3) is 0.684. The van der Waals surface area contributed by atoms with Gasteiger partial charge < -0.3 is 10.0 Å². The number of likely N-dealkylation sites (tertiary alicyclic amines) is 1. The number of thiophene rings is 1. The zero-order valence-electron chi connectivity index (χ0n) is 15.6. The van der Waals surface area contributed by atoms with Crippen LogP contribution >= 0.6 is 11.3 Å². The molecule has 0 aromatic carbocycles. The van der Waals surface area contributed by atoms with Crippen LogP contribution in [0.1, 0.15) is 47.9 Å². The second kappa shape index (κ2) is 9.34. The Morgan fingerprint density at radius 2 is 2.00 bits per heavy atom. The van der Waals surface area contributed by atoms with E-state index in [1.807, 2.05) is 28.1 Å². The van der Waals surface area contributed by atoms with E-state index < -0.39 is 5.97 Å². The van der Waals surface area contributed by atoms with Gasteiger partial charge in [0, 0.05) is 35.3 Å². The quantitative estimate of drug-likeness (QED) is 0.768. The molecule has 1 saturated heterocycles. The smallest absolute Gasteiger partial charge is 0.317 e. The lowest BCUT2D eigenvalue weighted by molar-refractivity contribution is -0.140. The summed E-state index contributed by atoms with van der Waals surface area (Å²) in [6.07, 6.45) is 4.22. The third-order valence-electron chi connectivity index (χ3n) is 5.06. The molecule has 0 radical (unpaired) electrons. The Morgan fingerprint density at radius 1 is 1.32 bits per heavy atom. The molecule has 1 N–H and O–H groups in total. The van der Waals surface area contributed by atoms with Gasteiger partial charge >= 0.3 is 5.97 Å². The van der Waals surface area contributed by atoms with E-state index in [1.165, 1.54) is 15.3 Å². The standard InChI is InChI=1S/C19H30N2O3S/c1-4-20(13-19(23)24)17-8-10-21(11-9-17)18(22)7-5-6-16-12-14(2)25-15(16)3/h12,17H,4-11,13H2,1-3H3,(H,23,24). The molecule has 2 rings (SSSR count). The summed E-state index contributed by atoms with van der Waals surface area (Å²) in [5, 5.41) is 8.99. The molecule has 25 heavy (non-hydrogen) atoms. The van der Waals surface area contributed by atoms with Gasteiger partial charge in [-0.1, -0.05) is 6.92 Å². The molecule has 0 aliphatic carbocycles. The zero-order valence-corrected chi connectivity index (χ0v) is 16.4.